The molecule has 0 atom stereocenters. The minimum Gasteiger partial charge on any atom is -0.447 e. The van der Waals surface area contributed by atoms with E-state index >= 15 is 0 Å². The van der Waals surface area contributed by atoms with E-state index in [4.69, 9.17) is 15.7 Å². The predicted octanol–water partition coefficient (Wildman–Crippen LogP) is 2.38. The minimum absolute atomic E-state index is 0.233. The molecule has 1 aromatic carbocycles. The van der Waals surface area contributed by atoms with Crippen LogP contribution in [-0.2, 0) is 4.74 Å². The van der Waals surface area contributed by atoms with Crippen molar-refractivity contribution in [1.82, 2.24) is 0 Å². The SMILES string of the molecule is N#Cc1cccc(NC(=O)OCC2(N)CCCC2)c1. The number of nitriles is 1. The smallest absolute Gasteiger partial charge is 0.411 e. The highest BCUT2D eigenvalue weighted by molar-refractivity contribution is 5.84. The summed E-state index contributed by atoms with van der Waals surface area (Å²) in [7, 11) is 0. The molecule has 1 fully saturated rings. The van der Waals surface area contributed by atoms with Gasteiger partial charge in [-0.2, -0.15) is 5.26 Å². The van der Waals surface area contributed by atoms with Crippen LogP contribution in [-0.4, -0.2) is 18.2 Å². The quantitative estimate of drug-likeness (QED) is 0.872. The first-order chi connectivity index (χ1) is 9.11. The fourth-order valence-electron chi connectivity index (χ4n) is 2.25. The molecule has 1 saturated carbocycles. The topological polar surface area (TPSA) is 88.1 Å². The largest absolute Gasteiger partial charge is 0.447 e. The van der Waals surface area contributed by atoms with Gasteiger partial charge in [0.25, 0.3) is 0 Å². The van der Waals surface area contributed by atoms with Gasteiger partial charge in [-0.15, -0.1) is 0 Å². The van der Waals surface area contributed by atoms with Gasteiger partial charge in [0.2, 0.25) is 0 Å². The number of nitrogens with one attached hydrogen (secondary N) is 1. The third-order valence-electron chi connectivity index (χ3n) is 3.33. The Morgan fingerprint density at radius 2 is 2.21 bits per heavy atom. The first kappa shape index (κ1) is 13.4. The van der Waals surface area contributed by atoms with Gasteiger partial charge in [-0.3, -0.25) is 5.32 Å². The molecule has 0 aliphatic heterocycles. The third kappa shape index (κ3) is 3.70. The molecule has 0 radical (unpaired) electrons. The predicted molar refractivity (Wildman–Crippen MR) is 71.5 cm³/mol. The minimum atomic E-state index is -0.535. The number of carbonyl (C=O) groups is 1. The van der Waals surface area contributed by atoms with Crippen molar-refractivity contribution in [2.24, 2.45) is 5.73 Å². The zero-order valence-corrected chi connectivity index (χ0v) is 10.7. The molecule has 100 valence electrons. The van der Waals surface area contributed by atoms with E-state index in [2.05, 4.69) is 5.32 Å². The molecule has 0 saturated heterocycles. The van der Waals surface area contributed by atoms with Gasteiger partial charge in [-0.1, -0.05) is 18.9 Å². The first-order valence-electron chi connectivity index (χ1n) is 6.34. The van der Waals surface area contributed by atoms with Crippen molar-refractivity contribution >= 4 is 11.8 Å². The van der Waals surface area contributed by atoms with Crippen LogP contribution in [0.1, 0.15) is 31.2 Å². The average molecular weight is 259 g/mol. The van der Waals surface area contributed by atoms with Crippen LogP contribution in [0.3, 0.4) is 0 Å². The van der Waals surface area contributed by atoms with Crippen molar-refractivity contribution in [3.8, 4) is 6.07 Å². The van der Waals surface area contributed by atoms with Crippen molar-refractivity contribution in [2.45, 2.75) is 31.2 Å². The van der Waals surface area contributed by atoms with Gasteiger partial charge in [0, 0.05) is 5.69 Å². The summed E-state index contributed by atoms with van der Waals surface area (Å²) in [5.41, 5.74) is 6.76. The Hall–Kier alpha value is -2.06. The molecule has 5 nitrogen and oxygen atoms in total. The zero-order valence-electron chi connectivity index (χ0n) is 10.7. The summed E-state index contributed by atoms with van der Waals surface area (Å²) in [6.45, 7) is 0.233. The van der Waals surface area contributed by atoms with E-state index in [-0.39, 0.29) is 12.1 Å². The molecule has 3 N–H and O–H groups in total. The molecule has 0 spiro atoms. The summed E-state index contributed by atoms with van der Waals surface area (Å²) in [5.74, 6) is 0. The number of amides is 1. The Morgan fingerprint density at radius 3 is 2.89 bits per heavy atom. The van der Waals surface area contributed by atoms with Crippen LogP contribution in [0.5, 0.6) is 0 Å². The van der Waals surface area contributed by atoms with Gasteiger partial charge in [-0.25, -0.2) is 4.79 Å². The number of anilines is 1. The molecule has 1 aliphatic carbocycles. The van der Waals surface area contributed by atoms with E-state index in [1.165, 1.54) is 0 Å². The summed E-state index contributed by atoms with van der Waals surface area (Å²) >= 11 is 0. The molecular formula is C14H17N3O2. The van der Waals surface area contributed by atoms with Gasteiger partial charge in [0.05, 0.1) is 17.2 Å². The number of nitrogens with zero attached hydrogens (tertiary/aromatic N) is 1. The van der Waals surface area contributed by atoms with Crippen molar-refractivity contribution < 1.29 is 9.53 Å². The number of ether oxygens (including phenoxy) is 1. The Morgan fingerprint density at radius 1 is 1.47 bits per heavy atom. The number of rotatable bonds is 3. The van der Waals surface area contributed by atoms with Crippen LogP contribution in [0.2, 0.25) is 0 Å². The molecular weight excluding hydrogens is 242 g/mol. The third-order valence-corrected chi connectivity index (χ3v) is 3.33. The maximum absolute atomic E-state index is 11.6. The Balaban J connectivity index is 1.85. The van der Waals surface area contributed by atoms with Crippen molar-refractivity contribution in [3.63, 3.8) is 0 Å². The fourth-order valence-corrected chi connectivity index (χ4v) is 2.25. The van der Waals surface area contributed by atoms with Crippen molar-refractivity contribution in [1.29, 1.82) is 5.26 Å². The van der Waals surface area contributed by atoms with Crippen LogP contribution in [0.4, 0.5) is 10.5 Å². The van der Waals surface area contributed by atoms with Crippen LogP contribution >= 0.6 is 0 Å². The molecule has 0 bridgehead atoms. The highest BCUT2D eigenvalue weighted by atomic mass is 16.5. The van der Waals surface area contributed by atoms with Crippen molar-refractivity contribution in [2.75, 3.05) is 11.9 Å². The monoisotopic (exact) mass is 259 g/mol. The molecule has 2 rings (SSSR count). The molecule has 5 heteroatoms. The normalized spacial score (nSPS) is 16.6. The van der Waals surface area contributed by atoms with Gasteiger partial charge in [0.1, 0.15) is 6.61 Å². The maximum atomic E-state index is 11.6. The summed E-state index contributed by atoms with van der Waals surface area (Å²) in [6.07, 6.45) is 3.43. The Bertz CT molecular complexity index is 502. The van der Waals surface area contributed by atoms with Crippen LogP contribution < -0.4 is 11.1 Å². The van der Waals surface area contributed by atoms with E-state index < -0.39 is 6.09 Å². The highest BCUT2D eigenvalue weighted by Gasteiger charge is 2.30. The molecule has 0 heterocycles. The average Bonchev–Trinajstić information content (AvgIpc) is 2.84. The van der Waals surface area contributed by atoms with Gasteiger partial charge < -0.3 is 10.5 Å². The standard InChI is InChI=1S/C14H17N3O2/c15-9-11-4-3-5-12(8-11)17-13(18)19-10-14(16)6-1-2-7-14/h3-5,8H,1-2,6-7,10,16H2,(H,17,18). The van der Waals surface area contributed by atoms with E-state index in [0.29, 0.717) is 11.3 Å². The zero-order chi connectivity index (χ0) is 13.7. The van der Waals surface area contributed by atoms with E-state index in [0.717, 1.165) is 25.7 Å². The lowest BCUT2D eigenvalue weighted by molar-refractivity contribution is 0.130. The first-order valence-corrected chi connectivity index (χ1v) is 6.34. The molecule has 1 aromatic rings. The second-order valence-electron chi connectivity index (χ2n) is 4.96. The van der Waals surface area contributed by atoms with Crippen LogP contribution in [0, 0.1) is 11.3 Å². The Kier molecular flexibility index (Phi) is 4.03. The van der Waals surface area contributed by atoms with E-state index in [1.54, 1.807) is 24.3 Å². The number of hydrogen-bond acceptors (Lipinski definition) is 4. The second-order valence-corrected chi connectivity index (χ2v) is 4.96. The lowest BCUT2D eigenvalue weighted by Crippen LogP contribution is -2.42. The highest BCUT2D eigenvalue weighted by Crippen LogP contribution is 2.27. The van der Waals surface area contributed by atoms with Crippen LogP contribution in [0.25, 0.3) is 0 Å². The molecule has 19 heavy (non-hydrogen) atoms. The van der Waals surface area contributed by atoms with Crippen LogP contribution in [0.15, 0.2) is 24.3 Å². The number of benzene rings is 1. The van der Waals surface area contributed by atoms with E-state index in [9.17, 15) is 4.79 Å². The lowest BCUT2D eigenvalue weighted by Gasteiger charge is -2.22. The number of carbonyl (C=O) groups excluding carboxylic acids is 1. The number of nitrogens with two attached hydrogens (primary N) is 1. The molecule has 1 aliphatic rings. The summed E-state index contributed by atoms with van der Waals surface area (Å²) in [6, 6.07) is 8.68. The van der Waals surface area contributed by atoms with Crippen molar-refractivity contribution in [3.05, 3.63) is 29.8 Å². The van der Waals surface area contributed by atoms with Gasteiger partial charge >= 0.3 is 6.09 Å². The summed E-state index contributed by atoms with van der Waals surface area (Å²) in [5, 5.41) is 11.4. The maximum Gasteiger partial charge on any atom is 0.411 e. The van der Waals surface area contributed by atoms with Gasteiger partial charge in [-0.05, 0) is 31.0 Å². The molecule has 0 aromatic heterocycles. The summed E-state index contributed by atoms with van der Waals surface area (Å²) in [4.78, 5) is 11.6. The Labute approximate surface area is 112 Å². The van der Waals surface area contributed by atoms with E-state index in [1.807, 2.05) is 6.07 Å². The van der Waals surface area contributed by atoms with Gasteiger partial charge in [0.15, 0.2) is 0 Å². The second kappa shape index (κ2) is 5.72. The molecule has 1 amide bonds. The fraction of sp³-hybridized carbons (Fsp3) is 0.429. The summed E-state index contributed by atoms with van der Waals surface area (Å²) < 4.78 is 5.15. The number of hydrogen-bond donors (Lipinski definition) is 2. The molecule has 0 unspecified atom stereocenters. The lowest BCUT2D eigenvalue weighted by atomic mass is 10.0.